The highest BCUT2D eigenvalue weighted by atomic mass is 32.2. The van der Waals surface area contributed by atoms with E-state index in [0.29, 0.717) is 5.57 Å². The van der Waals surface area contributed by atoms with Gasteiger partial charge in [-0.15, -0.1) is 0 Å². The lowest BCUT2D eigenvalue weighted by atomic mass is 9.87. The van der Waals surface area contributed by atoms with Gasteiger partial charge >= 0.3 is 6.18 Å². The Morgan fingerprint density at radius 2 is 1.93 bits per heavy atom. The number of hydrogen-bond donors (Lipinski definition) is 2. The van der Waals surface area contributed by atoms with E-state index in [-0.39, 0.29) is 28.8 Å². The quantitative estimate of drug-likeness (QED) is 0.735. The second-order valence-electron chi connectivity index (χ2n) is 6.49. The van der Waals surface area contributed by atoms with Gasteiger partial charge in [0.15, 0.2) is 0 Å². The third-order valence-corrected chi connectivity index (χ3v) is 5.40. The normalized spacial score (nSPS) is 16.6. The van der Waals surface area contributed by atoms with Crippen LogP contribution >= 0.6 is 11.8 Å². The summed E-state index contributed by atoms with van der Waals surface area (Å²) in [6.07, 6.45) is -4.39. The van der Waals surface area contributed by atoms with Gasteiger partial charge < -0.3 is 10.6 Å². The number of carbonyl (C=O) groups excluding carboxylic acids is 2. The van der Waals surface area contributed by atoms with Gasteiger partial charge in [0.05, 0.1) is 28.0 Å². The largest absolute Gasteiger partial charge is 0.416 e. The average molecular weight is 431 g/mol. The monoisotopic (exact) mass is 431 g/mol. The molecule has 0 spiro atoms. The smallest absolute Gasteiger partial charge is 0.325 e. The van der Waals surface area contributed by atoms with E-state index in [4.69, 9.17) is 0 Å². The van der Waals surface area contributed by atoms with Crippen LogP contribution in [0.25, 0.3) is 0 Å². The van der Waals surface area contributed by atoms with Crippen LogP contribution in [-0.4, -0.2) is 17.6 Å². The van der Waals surface area contributed by atoms with Crippen molar-refractivity contribution in [1.82, 2.24) is 5.32 Å². The molecule has 30 heavy (non-hydrogen) atoms. The highest BCUT2D eigenvalue weighted by Gasteiger charge is 2.31. The second-order valence-corrected chi connectivity index (χ2v) is 7.47. The van der Waals surface area contributed by atoms with Crippen molar-refractivity contribution in [1.29, 1.82) is 5.26 Å². The van der Waals surface area contributed by atoms with E-state index >= 15 is 0 Å². The number of halogens is 3. The van der Waals surface area contributed by atoms with Crippen LogP contribution in [0.1, 0.15) is 23.5 Å². The lowest BCUT2D eigenvalue weighted by Crippen LogP contribution is -2.31. The van der Waals surface area contributed by atoms with Gasteiger partial charge in [-0.3, -0.25) is 9.59 Å². The summed E-state index contributed by atoms with van der Waals surface area (Å²) < 4.78 is 38.4. The molecule has 9 heteroatoms. The molecule has 2 aromatic carbocycles. The molecule has 0 aromatic heterocycles. The molecule has 0 unspecified atom stereocenters. The van der Waals surface area contributed by atoms with Gasteiger partial charge in [-0.05, 0) is 23.8 Å². The predicted octanol–water partition coefficient (Wildman–Crippen LogP) is 4.42. The summed E-state index contributed by atoms with van der Waals surface area (Å²) >= 11 is 0.960. The lowest BCUT2D eigenvalue weighted by Gasteiger charge is -2.25. The molecule has 1 aliphatic rings. The molecule has 0 radical (unpaired) electrons. The molecule has 2 N–H and O–H groups in total. The Morgan fingerprint density at radius 3 is 2.60 bits per heavy atom. The minimum absolute atomic E-state index is 0.0137. The van der Waals surface area contributed by atoms with Gasteiger partial charge in [0.1, 0.15) is 0 Å². The number of alkyl halides is 3. The van der Waals surface area contributed by atoms with Crippen LogP contribution in [0.3, 0.4) is 0 Å². The third kappa shape index (κ3) is 5.21. The van der Waals surface area contributed by atoms with Gasteiger partial charge in [-0.1, -0.05) is 48.2 Å². The van der Waals surface area contributed by atoms with Crippen molar-refractivity contribution in [3.8, 4) is 6.07 Å². The summed E-state index contributed by atoms with van der Waals surface area (Å²) in [5.74, 6) is -1.43. The van der Waals surface area contributed by atoms with Crippen LogP contribution < -0.4 is 10.6 Å². The first kappa shape index (κ1) is 21.5. The Hall–Kier alpha value is -3.25. The van der Waals surface area contributed by atoms with E-state index in [9.17, 15) is 28.0 Å². The van der Waals surface area contributed by atoms with E-state index in [1.54, 1.807) is 0 Å². The van der Waals surface area contributed by atoms with Crippen molar-refractivity contribution in [2.75, 3.05) is 11.1 Å². The van der Waals surface area contributed by atoms with Crippen LogP contribution in [0, 0.1) is 11.3 Å². The highest BCUT2D eigenvalue weighted by molar-refractivity contribution is 8.03. The molecule has 0 fully saturated rings. The molecule has 0 bridgehead atoms. The zero-order chi connectivity index (χ0) is 21.7. The van der Waals surface area contributed by atoms with Crippen LogP contribution in [-0.2, 0) is 15.8 Å². The molecule has 154 valence electrons. The standard InChI is InChI=1S/C21H16F3N3O2S/c22-21(23,24)14-7-4-8-15(9-14)26-19(29)12-30-20-17(11-25)16(10-18(28)27-20)13-5-2-1-3-6-13/h1-9,16H,10,12H2,(H,26,29)(H,27,28)/t16-/m0/s1. The molecule has 1 aliphatic heterocycles. The second kappa shape index (κ2) is 9.05. The first-order valence-electron chi connectivity index (χ1n) is 8.87. The van der Waals surface area contributed by atoms with Crippen molar-refractivity contribution in [3.63, 3.8) is 0 Å². The lowest BCUT2D eigenvalue weighted by molar-refractivity contribution is -0.137. The summed E-state index contributed by atoms with van der Waals surface area (Å²) in [6, 6.07) is 15.5. The SMILES string of the molecule is N#CC1=C(SCC(=O)Nc2cccc(C(F)(F)F)c2)NC(=O)C[C@H]1c1ccccc1. The van der Waals surface area contributed by atoms with Gasteiger partial charge in [0, 0.05) is 18.0 Å². The topological polar surface area (TPSA) is 82.0 Å². The van der Waals surface area contributed by atoms with Crippen molar-refractivity contribution in [2.24, 2.45) is 0 Å². The number of allylic oxidation sites excluding steroid dienone is 1. The Bertz CT molecular complexity index is 1030. The molecule has 3 rings (SSSR count). The Morgan fingerprint density at radius 1 is 1.20 bits per heavy atom. The number of nitrogens with zero attached hydrogens (tertiary/aromatic N) is 1. The number of nitrogens with one attached hydrogen (secondary N) is 2. The summed E-state index contributed by atoms with van der Waals surface area (Å²) in [7, 11) is 0. The number of nitriles is 1. The van der Waals surface area contributed by atoms with Crippen LogP contribution in [0.5, 0.6) is 0 Å². The number of benzene rings is 2. The maximum Gasteiger partial charge on any atom is 0.416 e. The van der Waals surface area contributed by atoms with Crippen molar-refractivity contribution < 1.29 is 22.8 Å². The number of thioether (sulfide) groups is 1. The maximum absolute atomic E-state index is 12.8. The Balaban J connectivity index is 1.72. The molecular formula is C21H16F3N3O2S. The van der Waals surface area contributed by atoms with Crippen molar-refractivity contribution in [3.05, 3.63) is 76.3 Å². The summed E-state index contributed by atoms with van der Waals surface area (Å²) in [6.45, 7) is 0. The molecular weight excluding hydrogens is 415 g/mol. The summed E-state index contributed by atoms with van der Waals surface area (Å²) in [4.78, 5) is 24.3. The predicted molar refractivity (Wildman–Crippen MR) is 107 cm³/mol. The maximum atomic E-state index is 12.8. The minimum atomic E-state index is -4.51. The summed E-state index contributed by atoms with van der Waals surface area (Å²) in [5, 5.41) is 14.9. The number of hydrogen-bond acceptors (Lipinski definition) is 4. The molecule has 0 aliphatic carbocycles. The zero-order valence-corrected chi connectivity index (χ0v) is 16.3. The Labute approximate surface area is 175 Å². The van der Waals surface area contributed by atoms with Gasteiger partial charge in [0.25, 0.3) is 0 Å². The highest BCUT2D eigenvalue weighted by Crippen LogP contribution is 2.36. The molecule has 0 saturated heterocycles. The van der Waals surface area contributed by atoms with Crippen molar-refractivity contribution in [2.45, 2.75) is 18.5 Å². The number of amides is 2. The fourth-order valence-electron chi connectivity index (χ4n) is 3.01. The van der Waals surface area contributed by atoms with E-state index in [2.05, 4.69) is 16.7 Å². The van der Waals surface area contributed by atoms with Gasteiger partial charge in [-0.2, -0.15) is 18.4 Å². The van der Waals surface area contributed by atoms with E-state index in [0.717, 1.165) is 29.5 Å². The number of rotatable bonds is 5. The van der Waals surface area contributed by atoms with Crippen molar-refractivity contribution >= 4 is 29.3 Å². The van der Waals surface area contributed by atoms with E-state index < -0.39 is 23.6 Å². The molecule has 1 atom stereocenters. The number of anilines is 1. The van der Waals surface area contributed by atoms with Crippen LogP contribution in [0.2, 0.25) is 0 Å². The minimum Gasteiger partial charge on any atom is -0.325 e. The number of carbonyl (C=O) groups is 2. The first-order valence-corrected chi connectivity index (χ1v) is 9.85. The molecule has 2 aromatic rings. The molecule has 2 amide bonds. The Kier molecular flexibility index (Phi) is 6.47. The fourth-order valence-corrected chi connectivity index (χ4v) is 3.89. The molecule has 1 heterocycles. The average Bonchev–Trinajstić information content (AvgIpc) is 2.72. The van der Waals surface area contributed by atoms with E-state index in [1.165, 1.54) is 12.1 Å². The van der Waals surface area contributed by atoms with Crippen LogP contribution in [0.4, 0.5) is 18.9 Å². The van der Waals surface area contributed by atoms with Gasteiger partial charge in [-0.25, -0.2) is 0 Å². The van der Waals surface area contributed by atoms with Gasteiger partial charge in [0.2, 0.25) is 11.8 Å². The summed E-state index contributed by atoms with van der Waals surface area (Å²) in [5.41, 5.74) is 0.306. The van der Waals surface area contributed by atoms with Crippen LogP contribution in [0.15, 0.2) is 65.2 Å². The zero-order valence-electron chi connectivity index (χ0n) is 15.5. The fraction of sp³-hybridized carbons (Fsp3) is 0.190. The molecule has 0 saturated carbocycles. The first-order chi connectivity index (χ1) is 14.3. The van der Waals surface area contributed by atoms with E-state index in [1.807, 2.05) is 30.3 Å². The third-order valence-electron chi connectivity index (χ3n) is 4.38. The molecule has 5 nitrogen and oxygen atoms in total.